The summed E-state index contributed by atoms with van der Waals surface area (Å²) in [5.74, 6) is 0.871. The second kappa shape index (κ2) is 9.46. The van der Waals surface area contributed by atoms with Crippen molar-refractivity contribution in [1.29, 1.82) is 10.8 Å². The molecule has 138 valence electrons. The van der Waals surface area contributed by atoms with E-state index in [0.29, 0.717) is 25.2 Å². The zero-order chi connectivity index (χ0) is 18.8. The summed E-state index contributed by atoms with van der Waals surface area (Å²) in [5, 5.41) is 15.8. The van der Waals surface area contributed by atoms with E-state index in [1.807, 2.05) is 48.5 Å². The predicted octanol–water partition coefficient (Wildman–Crippen LogP) is 3.32. The summed E-state index contributed by atoms with van der Waals surface area (Å²) in [6.07, 6.45) is 2.79. The van der Waals surface area contributed by atoms with Crippen molar-refractivity contribution in [2.75, 3.05) is 6.61 Å². The molecule has 0 aliphatic heterocycles. The lowest BCUT2D eigenvalue weighted by atomic mass is 9.93. The monoisotopic (exact) mass is 354 g/mol. The molecule has 26 heavy (non-hydrogen) atoms. The van der Waals surface area contributed by atoms with Crippen LogP contribution in [0, 0.1) is 10.8 Å². The van der Waals surface area contributed by atoms with Gasteiger partial charge in [0.15, 0.2) is 0 Å². The molecule has 6 N–H and O–H groups in total. The van der Waals surface area contributed by atoms with Crippen molar-refractivity contribution in [2.45, 2.75) is 31.3 Å². The Labute approximate surface area is 154 Å². The fourth-order valence-corrected chi connectivity index (χ4v) is 2.62. The molecule has 2 rings (SSSR count). The summed E-state index contributed by atoms with van der Waals surface area (Å²) in [6.45, 7) is 0.608. The van der Waals surface area contributed by atoms with Gasteiger partial charge in [-0.25, -0.2) is 0 Å². The average molecular weight is 354 g/mol. The third-order valence-electron chi connectivity index (χ3n) is 4.09. The van der Waals surface area contributed by atoms with Crippen molar-refractivity contribution >= 4 is 11.7 Å². The molecule has 0 spiro atoms. The highest BCUT2D eigenvalue weighted by molar-refractivity contribution is 6.10. The summed E-state index contributed by atoms with van der Waals surface area (Å²) in [7, 11) is 0. The molecular weight excluding hydrogens is 328 g/mol. The highest BCUT2D eigenvalue weighted by Gasteiger charge is 2.39. The van der Waals surface area contributed by atoms with Gasteiger partial charge >= 0.3 is 0 Å². The SMILES string of the molecule is N=C(N)C(CCCCCOc1ccccc1)(Oc1ccccc1)C(=N)N. The Balaban J connectivity index is 1.86. The van der Waals surface area contributed by atoms with E-state index in [9.17, 15) is 0 Å². The first-order valence-corrected chi connectivity index (χ1v) is 8.65. The lowest BCUT2D eigenvalue weighted by Gasteiger charge is -2.32. The van der Waals surface area contributed by atoms with Crippen molar-refractivity contribution in [3.63, 3.8) is 0 Å². The fourth-order valence-electron chi connectivity index (χ4n) is 2.62. The van der Waals surface area contributed by atoms with Crippen LogP contribution in [0.5, 0.6) is 11.5 Å². The molecule has 0 bridgehead atoms. The minimum Gasteiger partial charge on any atom is -0.494 e. The molecular formula is C20H26N4O2. The van der Waals surface area contributed by atoms with Crippen molar-refractivity contribution in [1.82, 2.24) is 0 Å². The molecule has 6 nitrogen and oxygen atoms in total. The molecule has 2 aromatic carbocycles. The van der Waals surface area contributed by atoms with E-state index in [2.05, 4.69) is 0 Å². The molecule has 2 aromatic rings. The third-order valence-corrected chi connectivity index (χ3v) is 4.09. The first-order chi connectivity index (χ1) is 12.5. The fraction of sp³-hybridized carbons (Fsp3) is 0.300. The van der Waals surface area contributed by atoms with Gasteiger partial charge in [0.25, 0.3) is 0 Å². The maximum Gasteiger partial charge on any atom is 0.220 e. The minimum absolute atomic E-state index is 0.255. The molecule has 0 amide bonds. The van der Waals surface area contributed by atoms with E-state index >= 15 is 0 Å². The van der Waals surface area contributed by atoms with Gasteiger partial charge in [-0.3, -0.25) is 10.8 Å². The van der Waals surface area contributed by atoms with Crippen molar-refractivity contribution in [3.8, 4) is 11.5 Å². The van der Waals surface area contributed by atoms with Crippen LogP contribution in [0.1, 0.15) is 25.7 Å². The zero-order valence-corrected chi connectivity index (χ0v) is 14.8. The van der Waals surface area contributed by atoms with Gasteiger partial charge < -0.3 is 20.9 Å². The number of nitrogens with two attached hydrogens (primary N) is 2. The number of nitrogens with one attached hydrogen (secondary N) is 2. The lowest BCUT2D eigenvalue weighted by Crippen LogP contribution is -2.57. The van der Waals surface area contributed by atoms with Crippen LogP contribution in [-0.4, -0.2) is 23.9 Å². The Hall–Kier alpha value is -3.02. The molecule has 0 radical (unpaired) electrons. The van der Waals surface area contributed by atoms with E-state index in [1.54, 1.807) is 12.1 Å². The number of ether oxygens (including phenoxy) is 2. The van der Waals surface area contributed by atoms with E-state index < -0.39 is 5.60 Å². The second-order valence-corrected chi connectivity index (χ2v) is 6.04. The molecule has 0 heterocycles. The topological polar surface area (TPSA) is 118 Å². The summed E-state index contributed by atoms with van der Waals surface area (Å²) >= 11 is 0. The number of para-hydroxylation sites is 2. The number of hydrogen-bond donors (Lipinski definition) is 4. The summed E-state index contributed by atoms with van der Waals surface area (Å²) in [5.41, 5.74) is 10.1. The Kier molecular flexibility index (Phi) is 7.02. The first-order valence-electron chi connectivity index (χ1n) is 8.65. The maximum absolute atomic E-state index is 7.92. The molecule has 0 atom stereocenters. The Bertz CT molecular complexity index is 690. The zero-order valence-electron chi connectivity index (χ0n) is 14.8. The number of rotatable bonds is 11. The van der Waals surface area contributed by atoms with Crippen molar-refractivity contribution < 1.29 is 9.47 Å². The number of hydrogen-bond acceptors (Lipinski definition) is 4. The average Bonchev–Trinajstić information content (AvgIpc) is 2.64. The van der Waals surface area contributed by atoms with Crippen molar-refractivity contribution in [3.05, 3.63) is 60.7 Å². The Morgan fingerprint density at radius 3 is 1.85 bits per heavy atom. The smallest absolute Gasteiger partial charge is 0.220 e. The van der Waals surface area contributed by atoms with Gasteiger partial charge in [-0.05, 0) is 43.5 Å². The lowest BCUT2D eigenvalue weighted by molar-refractivity contribution is 0.189. The van der Waals surface area contributed by atoms with Crippen LogP contribution in [0.25, 0.3) is 0 Å². The quantitative estimate of drug-likeness (QED) is 0.281. The normalized spacial score (nSPS) is 12.8. The number of amidine groups is 2. The first kappa shape index (κ1) is 19.3. The van der Waals surface area contributed by atoms with E-state index in [0.717, 1.165) is 18.6 Å². The maximum atomic E-state index is 7.92. The summed E-state index contributed by atoms with van der Waals surface area (Å²) < 4.78 is 11.5. The van der Waals surface area contributed by atoms with Crippen LogP contribution in [-0.2, 0) is 0 Å². The molecule has 0 aromatic heterocycles. The van der Waals surface area contributed by atoms with Crippen LogP contribution in [0.3, 0.4) is 0 Å². The summed E-state index contributed by atoms with van der Waals surface area (Å²) in [4.78, 5) is 0. The van der Waals surface area contributed by atoms with Gasteiger partial charge in [0, 0.05) is 6.42 Å². The van der Waals surface area contributed by atoms with Gasteiger partial charge in [0.1, 0.15) is 23.2 Å². The van der Waals surface area contributed by atoms with Gasteiger partial charge in [-0.2, -0.15) is 0 Å². The number of benzene rings is 2. The van der Waals surface area contributed by atoms with Gasteiger partial charge in [0.2, 0.25) is 5.60 Å². The van der Waals surface area contributed by atoms with E-state index in [-0.39, 0.29) is 11.7 Å². The van der Waals surface area contributed by atoms with Crippen LogP contribution >= 0.6 is 0 Å². The van der Waals surface area contributed by atoms with E-state index in [1.165, 1.54) is 0 Å². The molecule has 0 unspecified atom stereocenters. The molecule has 6 heteroatoms. The minimum atomic E-state index is -1.40. The van der Waals surface area contributed by atoms with Gasteiger partial charge in [-0.15, -0.1) is 0 Å². The standard InChI is InChI=1S/C20H26N4O2/c21-18(22)20(19(23)24,26-17-12-6-2-7-13-17)14-8-3-9-15-25-16-10-4-1-5-11-16/h1-2,4-7,10-13H,3,8-9,14-15H2,(H3,21,22)(H3,23,24). The number of unbranched alkanes of at least 4 members (excludes halogenated alkanes) is 2. The van der Waals surface area contributed by atoms with E-state index in [4.69, 9.17) is 31.8 Å². The Morgan fingerprint density at radius 1 is 0.769 bits per heavy atom. The van der Waals surface area contributed by atoms with Crippen LogP contribution in [0.2, 0.25) is 0 Å². The van der Waals surface area contributed by atoms with Gasteiger partial charge in [-0.1, -0.05) is 36.4 Å². The molecule has 0 aliphatic carbocycles. The highest BCUT2D eigenvalue weighted by Crippen LogP contribution is 2.24. The van der Waals surface area contributed by atoms with Crippen LogP contribution in [0.15, 0.2) is 60.7 Å². The predicted molar refractivity (Wildman–Crippen MR) is 104 cm³/mol. The van der Waals surface area contributed by atoms with Crippen molar-refractivity contribution in [2.24, 2.45) is 11.5 Å². The third kappa shape index (κ3) is 5.24. The largest absolute Gasteiger partial charge is 0.494 e. The van der Waals surface area contributed by atoms with Crippen LogP contribution < -0.4 is 20.9 Å². The molecule has 0 saturated heterocycles. The molecule has 0 saturated carbocycles. The summed E-state index contributed by atoms with van der Waals surface area (Å²) in [6, 6.07) is 18.7. The van der Waals surface area contributed by atoms with Gasteiger partial charge in [0.05, 0.1) is 6.61 Å². The van der Waals surface area contributed by atoms with Crippen LogP contribution in [0.4, 0.5) is 0 Å². The molecule has 0 aliphatic rings. The highest BCUT2D eigenvalue weighted by atomic mass is 16.5. The molecule has 0 fully saturated rings. The second-order valence-electron chi connectivity index (χ2n) is 6.04. The Morgan fingerprint density at radius 2 is 1.31 bits per heavy atom.